The van der Waals surface area contributed by atoms with Crippen molar-refractivity contribution in [3.8, 4) is 0 Å². The number of aromatic nitrogens is 2. The zero-order valence-corrected chi connectivity index (χ0v) is 4.97. The number of hydrogen-bond donors (Lipinski definition) is 4. The Morgan fingerprint density at radius 3 is 2.20 bits per heavy atom. The van der Waals surface area contributed by atoms with Crippen LogP contribution in [0.3, 0.4) is 0 Å². The van der Waals surface area contributed by atoms with Gasteiger partial charge in [0.25, 0.3) is 5.56 Å². The van der Waals surface area contributed by atoms with Crippen LogP contribution in [0.25, 0.3) is 0 Å². The van der Waals surface area contributed by atoms with Gasteiger partial charge in [-0.2, -0.15) is 0 Å². The minimum Gasteiger partial charge on any atom is -0.391 e. The van der Waals surface area contributed by atoms with Crippen LogP contribution in [0.4, 0.5) is 11.5 Å². The van der Waals surface area contributed by atoms with Crippen molar-refractivity contribution in [2.75, 3.05) is 11.5 Å². The van der Waals surface area contributed by atoms with Crippen molar-refractivity contribution in [1.82, 2.24) is 9.97 Å². The zero-order valence-electron chi connectivity index (χ0n) is 4.97. The number of anilines is 2. The molecule has 0 aliphatic heterocycles. The second-order valence-corrected chi connectivity index (χ2v) is 1.74. The molecule has 1 aromatic rings. The van der Waals surface area contributed by atoms with Gasteiger partial charge in [-0.3, -0.25) is 14.8 Å². The molecule has 0 amide bonds. The second-order valence-electron chi connectivity index (χ2n) is 1.74. The summed E-state index contributed by atoms with van der Waals surface area (Å²) < 4.78 is 0. The fraction of sp³-hybridized carbons (Fsp3) is 0. The fourth-order valence-electron chi connectivity index (χ4n) is 0.514. The van der Waals surface area contributed by atoms with E-state index >= 15 is 0 Å². The zero-order chi connectivity index (χ0) is 7.72. The molecule has 10 heavy (non-hydrogen) atoms. The Morgan fingerprint density at radius 1 is 1.10 bits per heavy atom. The molecule has 0 aromatic carbocycles. The fourth-order valence-corrected chi connectivity index (χ4v) is 0.514. The molecule has 1 rings (SSSR count). The maximum atomic E-state index is 10.6. The SMILES string of the molecule is N[13c]1[nH]c(=O)[nH][13c](=O)[13c]1N. The van der Waals surface area contributed by atoms with Crippen molar-refractivity contribution in [2.24, 2.45) is 0 Å². The lowest BCUT2D eigenvalue weighted by molar-refractivity contribution is 1.05. The molecule has 0 unspecified atom stereocenters. The number of H-pyrrole nitrogens is 2. The molecule has 54 valence electrons. The smallest absolute Gasteiger partial charge is 0.327 e. The van der Waals surface area contributed by atoms with E-state index in [2.05, 4.69) is 4.98 Å². The molecule has 1 heterocycles. The van der Waals surface area contributed by atoms with Gasteiger partial charge in [0.15, 0.2) is 0 Å². The van der Waals surface area contributed by atoms with Gasteiger partial charge in [0, 0.05) is 0 Å². The molecular weight excluding hydrogens is 139 g/mol. The van der Waals surface area contributed by atoms with Gasteiger partial charge in [-0.05, 0) is 0 Å². The quantitative estimate of drug-likeness (QED) is 0.345. The van der Waals surface area contributed by atoms with Gasteiger partial charge in [0.1, 0.15) is 11.5 Å². The summed E-state index contributed by atoms with van der Waals surface area (Å²) in [4.78, 5) is 25.0. The molecule has 0 saturated heterocycles. The van der Waals surface area contributed by atoms with Crippen LogP contribution in [0.5, 0.6) is 0 Å². The topological polar surface area (TPSA) is 118 Å². The van der Waals surface area contributed by atoms with Crippen LogP contribution in [0.15, 0.2) is 9.59 Å². The molecule has 0 bridgehead atoms. The summed E-state index contributed by atoms with van der Waals surface area (Å²) in [5.41, 5.74) is 8.74. The largest absolute Gasteiger partial charge is 0.391 e. The maximum Gasteiger partial charge on any atom is 0.327 e. The van der Waals surface area contributed by atoms with E-state index in [1.807, 2.05) is 4.98 Å². The summed E-state index contributed by atoms with van der Waals surface area (Å²) in [7, 11) is 0. The van der Waals surface area contributed by atoms with Crippen molar-refractivity contribution in [3.63, 3.8) is 0 Å². The minimum atomic E-state index is -0.666. The first-order chi connectivity index (χ1) is 4.61. The Kier molecular flexibility index (Phi) is 1.22. The average molecular weight is 145 g/mol. The number of hydrogen-bond acceptors (Lipinski definition) is 4. The molecule has 0 atom stereocenters. The van der Waals surface area contributed by atoms with E-state index in [1.165, 1.54) is 0 Å². The Bertz CT molecular complexity index is 349. The first-order valence-electron chi connectivity index (χ1n) is 2.49. The van der Waals surface area contributed by atoms with Gasteiger partial charge in [0.2, 0.25) is 0 Å². The molecule has 6 heteroatoms. The van der Waals surface area contributed by atoms with Crippen molar-refractivity contribution in [3.05, 3.63) is 20.8 Å². The lowest BCUT2D eigenvalue weighted by Crippen LogP contribution is -2.26. The minimum absolute atomic E-state index is 0.103. The van der Waals surface area contributed by atoms with Gasteiger partial charge < -0.3 is 11.5 Å². The Balaban J connectivity index is 3.62. The highest BCUT2D eigenvalue weighted by Gasteiger charge is 1.98. The number of aromatic amines is 2. The molecule has 0 fully saturated rings. The number of rotatable bonds is 0. The van der Waals surface area contributed by atoms with Crippen LogP contribution in [-0.4, -0.2) is 9.97 Å². The highest BCUT2D eigenvalue weighted by Crippen LogP contribution is 1.96. The van der Waals surface area contributed by atoms with Crippen LogP contribution in [0.2, 0.25) is 0 Å². The van der Waals surface area contributed by atoms with Gasteiger partial charge in [0.05, 0.1) is 0 Å². The summed E-state index contributed by atoms with van der Waals surface area (Å²) >= 11 is 0. The first-order valence-corrected chi connectivity index (χ1v) is 2.49. The highest BCUT2D eigenvalue weighted by atomic mass is 16.2. The molecule has 0 saturated carbocycles. The Labute approximate surface area is 54.9 Å². The number of nitrogens with two attached hydrogens (primary N) is 2. The van der Waals surface area contributed by atoms with Crippen molar-refractivity contribution in [2.45, 2.75) is 0 Å². The molecule has 6 N–H and O–H groups in total. The Hall–Kier alpha value is -1.72. The van der Waals surface area contributed by atoms with Crippen LogP contribution in [0.1, 0.15) is 0 Å². The monoisotopic (exact) mass is 145 g/mol. The summed E-state index contributed by atoms with van der Waals surface area (Å²) in [5.74, 6) is -0.103. The van der Waals surface area contributed by atoms with E-state index in [0.717, 1.165) is 0 Å². The van der Waals surface area contributed by atoms with Gasteiger partial charge in [-0.1, -0.05) is 0 Å². The van der Waals surface area contributed by atoms with Crippen molar-refractivity contribution >= 4 is 11.5 Å². The molecule has 0 aliphatic carbocycles. The van der Waals surface area contributed by atoms with E-state index in [-0.39, 0.29) is 11.5 Å². The number of nitrogens with one attached hydrogen (secondary N) is 2. The summed E-state index contributed by atoms with van der Waals surface area (Å²) in [6.45, 7) is 0. The van der Waals surface area contributed by atoms with E-state index in [4.69, 9.17) is 11.5 Å². The van der Waals surface area contributed by atoms with E-state index in [1.54, 1.807) is 0 Å². The standard InChI is InChI=1S/C4H6N4O2/c5-1-2(6)7-4(10)8-3(1)9/h5H2,(H4,6,7,8,9,10)/i1+1,2+1,3+1. The molecule has 0 aliphatic rings. The van der Waals surface area contributed by atoms with Crippen LogP contribution in [-0.2, 0) is 0 Å². The van der Waals surface area contributed by atoms with Crippen molar-refractivity contribution in [1.29, 1.82) is 0 Å². The van der Waals surface area contributed by atoms with Gasteiger partial charge >= 0.3 is 5.69 Å². The van der Waals surface area contributed by atoms with Gasteiger partial charge in [-0.25, -0.2) is 4.79 Å². The van der Waals surface area contributed by atoms with E-state index in [0.29, 0.717) is 0 Å². The highest BCUT2D eigenvalue weighted by molar-refractivity contribution is 5.55. The van der Waals surface area contributed by atoms with Crippen molar-refractivity contribution < 1.29 is 0 Å². The lowest BCUT2D eigenvalue weighted by Gasteiger charge is -1.93. The molecule has 0 radical (unpaired) electrons. The molecule has 1 aromatic heterocycles. The van der Waals surface area contributed by atoms with Gasteiger partial charge in [-0.15, -0.1) is 0 Å². The molecular formula is C4H6N4O2. The molecule has 6 nitrogen and oxygen atoms in total. The molecule has 0 spiro atoms. The number of nitrogen functional groups attached to an aromatic ring is 2. The first kappa shape index (κ1) is 6.40. The summed E-state index contributed by atoms with van der Waals surface area (Å²) in [6, 6.07) is 0. The van der Waals surface area contributed by atoms with Crippen LogP contribution in [0, 0.1) is 0 Å². The predicted molar refractivity (Wildman–Crippen MR) is 36.5 cm³/mol. The lowest BCUT2D eigenvalue weighted by atomic mass is 11.2. The third-order valence-corrected chi connectivity index (χ3v) is 1.01. The maximum absolute atomic E-state index is 10.6. The Morgan fingerprint density at radius 2 is 1.70 bits per heavy atom. The normalized spacial score (nSPS) is 9.60. The summed E-state index contributed by atoms with van der Waals surface area (Å²) in [5, 5.41) is 0. The van der Waals surface area contributed by atoms with Crippen LogP contribution >= 0.6 is 0 Å². The predicted octanol–water partition coefficient (Wildman–Crippen LogP) is -1.77. The van der Waals surface area contributed by atoms with E-state index in [9.17, 15) is 9.59 Å². The third kappa shape index (κ3) is 0.859. The van der Waals surface area contributed by atoms with E-state index < -0.39 is 11.2 Å². The second kappa shape index (κ2) is 1.90. The summed E-state index contributed by atoms with van der Waals surface area (Å²) in [6.07, 6.45) is 0. The average Bonchev–Trinajstić information content (AvgIpc) is 1.82. The van der Waals surface area contributed by atoms with Crippen LogP contribution < -0.4 is 22.7 Å². The third-order valence-electron chi connectivity index (χ3n) is 1.01.